The molecule has 4 N–H and O–H groups in total. The Balaban J connectivity index is 2.45. The first-order valence-electron chi connectivity index (χ1n) is 18.9. The predicted molar refractivity (Wildman–Crippen MR) is 203 cm³/mol. The molecule has 15 nitrogen and oxygen atoms in total. The zero-order valence-electron chi connectivity index (χ0n) is 34.2. The molecular formula is C39H65N5O10. The van der Waals surface area contributed by atoms with Gasteiger partial charge in [0, 0.05) is 56.6 Å². The molecule has 306 valence electrons. The van der Waals surface area contributed by atoms with Gasteiger partial charge in [-0.2, -0.15) is 0 Å². The minimum atomic E-state index is -1.27. The Labute approximate surface area is 320 Å². The van der Waals surface area contributed by atoms with E-state index >= 15 is 0 Å². The number of aromatic nitrogens is 1. The minimum absolute atomic E-state index is 0.0694. The summed E-state index contributed by atoms with van der Waals surface area (Å²) in [6.45, 7) is 15.4. The summed E-state index contributed by atoms with van der Waals surface area (Å²) in [6, 6.07) is 3.82. The van der Waals surface area contributed by atoms with Gasteiger partial charge in [0.25, 0.3) is 0 Å². The summed E-state index contributed by atoms with van der Waals surface area (Å²) in [6.07, 6.45) is -0.577. The minimum Gasteiger partial charge on any atom is -0.465 e. The van der Waals surface area contributed by atoms with Crippen molar-refractivity contribution in [1.82, 2.24) is 20.7 Å². The number of Topliss-reactive ketones (excluding diaryl/α,β-unsaturated/α-hetero) is 3. The largest absolute Gasteiger partial charge is 0.465 e. The van der Waals surface area contributed by atoms with Crippen LogP contribution >= 0.6 is 0 Å². The lowest BCUT2D eigenvalue weighted by atomic mass is 9.75. The van der Waals surface area contributed by atoms with Crippen molar-refractivity contribution in [2.45, 2.75) is 136 Å². The number of amides is 1. The van der Waals surface area contributed by atoms with Crippen LogP contribution in [0.5, 0.6) is 0 Å². The number of nitrogens with one attached hydrogen (secondary N) is 3. The number of carbonyl (C=O) groups excluding carboxylic acids is 5. The number of hydrogen-bond acceptors (Lipinski definition) is 14. The number of carbonyl (C=O) groups is 5. The van der Waals surface area contributed by atoms with E-state index in [0.29, 0.717) is 18.7 Å². The van der Waals surface area contributed by atoms with E-state index in [4.69, 9.17) is 18.9 Å². The van der Waals surface area contributed by atoms with Gasteiger partial charge in [-0.25, -0.2) is 4.98 Å². The van der Waals surface area contributed by atoms with Crippen molar-refractivity contribution in [1.29, 1.82) is 0 Å². The van der Waals surface area contributed by atoms with Gasteiger partial charge < -0.3 is 34.3 Å². The second-order valence-electron chi connectivity index (χ2n) is 15.3. The number of rotatable bonds is 23. The van der Waals surface area contributed by atoms with Crippen LogP contribution in [0.1, 0.15) is 88.0 Å². The maximum absolute atomic E-state index is 14.0. The van der Waals surface area contributed by atoms with E-state index in [2.05, 4.69) is 21.2 Å². The fourth-order valence-electron chi connectivity index (χ4n) is 7.10. The zero-order chi connectivity index (χ0) is 40.9. The van der Waals surface area contributed by atoms with Crippen LogP contribution in [0.4, 0.5) is 5.82 Å². The quantitative estimate of drug-likeness (QED) is 0.0550. The molecule has 12 unspecified atom stereocenters. The lowest BCUT2D eigenvalue weighted by Crippen LogP contribution is -2.60. The number of ether oxygens (including phenoxy) is 4. The highest BCUT2D eigenvalue weighted by Gasteiger charge is 2.49. The number of esters is 1. The fourth-order valence-corrected chi connectivity index (χ4v) is 7.10. The number of aliphatic hydroxyl groups excluding tert-OH is 1. The first-order valence-corrected chi connectivity index (χ1v) is 18.9. The van der Waals surface area contributed by atoms with E-state index in [1.165, 1.54) is 21.0 Å². The van der Waals surface area contributed by atoms with Gasteiger partial charge in [-0.3, -0.25) is 34.8 Å². The van der Waals surface area contributed by atoms with Crippen molar-refractivity contribution < 1.29 is 48.0 Å². The first kappa shape index (κ1) is 47.0. The average Bonchev–Trinajstić information content (AvgIpc) is 3.12. The molecule has 1 fully saturated rings. The summed E-state index contributed by atoms with van der Waals surface area (Å²) in [4.78, 5) is 71.0. The van der Waals surface area contributed by atoms with E-state index in [0.717, 1.165) is 0 Å². The Bertz CT molecular complexity index is 1380. The molecule has 0 saturated carbocycles. The monoisotopic (exact) mass is 763 g/mol. The lowest BCUT2D eigenvalue weighted by molar-refractivity contribution is -0.295. The Kier molecular flexibility index (Phi) is 19.0. The SMILES string of the molecule is CCCOC(=O)C(C)C(=O)C(C)C(OC1OC(C)CC(N(C)C)C1O)C(C)(CC(C)C(NNC(C)CC(=O)Nc1ccccn1)C(C)C(=O)C(C)=O)OC. The Morgan fingerprint density at radius 1 is 1.07 bits per heavy atom. The average molecular weight is 764 g/mol. The standard InChI is InChI=1S/C39H65N5O10/c1-13-18-52-37(50)27(7)33(47)26(6)36(54-38-35(49)29(44(10)11)20-24(4)53-38)39(9,51-12)21-22(2)32(25(5)34(48)28(8)45)43-42-23(3)19-31(46)41-30-16-14-15-17-40-30/h14-17,22-27,29,32,35-36,38,42-43,49H,13,18-21H2,1-12H3,(H,40,41,46). The molecule has 1 aliphatic heterocycles. The molecule has 1 aromatic rings. The molecule has 0 radical (unpaired) electrons. The first-order chi connectivity index (χ1) is 25.3. The van der Waals surface area contributed by atoms with Crippen molar-refractivity contribution in [3.8, 4) is 0 Å². The van der Waals surface area contributed by atoms with E-state index in [9.17, 15) is 29.1 Å². The van der Waals surface area contributed by atoms with Gasteiger partial charge in [-0.05, 0) is 79.1 Å². The number of hydrogen-bond donors (Lipinski definition) is 4. The van der Waals surface area contributed by atoms with Crippen molar-refractivity contribution in [2.24, 2.45) is 23.7 Å². The van der Waals surface area contributed by atoms with Crippen LogP contribution in [0.15, 0.2) is 24.4 Å². The summed E-state index contributed by atoms with van der Waals surface area (Å²) in [5.74, 6) is -5.42. The van der Waals surface area contributed by atoms with Crippen molar-refractivity contribution in [3.05, 3.63) is 24.4 Å². The molecule has 1 amide bonds. The van der Waals surface area contributed by atoms with Crippen molar-refractivity contribution >= 4 is 35.0 Å². The number of aliphatic hydroxyl groups is 1. The molecule has 0 aliphatic carbocycles. The maximum Gasteiger partial charge on any atom is 0.316 e. The van der Waals surface area contributed by atoms with Crippen LogP contribution < -0.4 is 16.2 Å². The van der Waals surface area contributed by atoms with Crippen molar-refractivity contribution in [3.63, 3.8) is 0 Å². The summed E-state index contributed by atoms with van der Waals surface area (Å²) in [5, 5.41) is 14.2. The van der Waals surface area contributed by atoms with Crippen LogP contribution in [0.3, 0.4) is 0 Å². The molecule has 1 aliphatic rings. The highest BCUT2D eigenvalue weighted by Crippen LogP contribution is 2.37. The molecule has 2 heterocycles. The Morgan fingerprint density at radius 2 is 1.74 bits per heavy atom. The number of anilines is 1. The highest BCUT2D eigenvalue weighted by molar-refractivity contribution is 6.37. The van der Waals surface area contributed by atoms with Crippen LogP contribution in [0, 0.1) is 23.7 Å². The predicted octanol–water partition coefficient (Wildman–Crippen LogP) is 3.09. The summed E-state index contributed by atoms with van der Waals surface area (Å²) in [7, 11) is 5.20. The third-order valence-electron chi connectivity index (χ3n) is 10.3. The van der Waals surface area contributed by atoms with Gasteiger partial charge in [0.05, 0.1) is 24.4 Å². The Hall–Kier alpha value is -3.18. The molecular weight excluding hydrogens is 698 g/mol. The Morgan fingerprint density at radius 3 is 2.30 bits per heavy atom. The molecule has 1 saturated heterocycles. The van der Waals surface area contributed by atoms with Crippen LogP contribution in [-0.2, 0) is 42.9 Å². The maximum atomic E-state index is 14.0. The van der Waals surface area contributed by atoms with E-state index in [1.807, 2.05) is 39.8 Å². The number of ketones is 3. The molecule has 0 aromatic carbocycles. The summed E-state index contributed by atoms with van der Waals surface area (Å²) < 4.78 is 24.2. The molecule has 0 bridgehead atoms. The lowest BCUT2D eigenvalue weighted by Gasteiger charge is -2.47. The van der Waals surface area contributed by atoms with E-state index < -0.39 is 83.2 Å². The van der Waals surface area contributed by atoms with Crippen LogP contribution in [-0.4, -0.2) is 120 Å². The van der Waals surface area contributed by atoms with Crippen LogP contribution in [0.25, 0.3) is 0 Å². The van der Waals surface area contributed by atoms with E-state index in [-0.39, 0.29) is 37.5 Å². The molecule has 0 spiro atoms. The van der Waals surface area contributed by atoms with Gasteiger partial charge in [0.15, 0.2) is 17.9 Å². The molecule has 54 heavy (non-hydrogen) atoms. The number of hydrazine groups is 1. The number of nitrogens with zero attached hydrogens (tertiary/aromatic N) is 2. The van der Waals surface area contributed by atoms with E-state index in [1.54, 1.807) is 52.1 Å². The third-order valence-corrected chi connectivity index (χ3v) is 10.3. The number of methoxy groups -OCH3 is 1. The number of likely N-dealkylation sites (N-methyl/N-ethyl adjacent to an activating group) is 1. The third kappa shape index (κ3) is 13.2. The second-order valence-corrected chi connectivity index (χ2v) is 15.3. The van der Waals surface area contributed by atoms with Crippen molar-refractivity contribution in [2.75, 3.05) is 33.1 Å². The summed E-state index contributed by atoms with van der Waals surface area (Å²) in [5.41, 5.74) is 5.08. The highest BCUT2D eigenvalue weighted by atomic mass is 16.7. The summed E-state index contributed by atoms with van der Waals surface area (Å²) >= 11 is 0. The smallest absolute Gasteiger partial charge is 0.316 e. The molecule has 15 heteroatoms. The molecule has 12 atom stereocenters. The second kappa shape index (κ2) is 21.8. The topological polar surface area (TPSA) is 195 Å². The van der Waals surface area contributed by atoms with Crippen LogP contribution in [0.2, 0.25) is 0 Å². The van der Waals surface area contributed by atoms with Gasteiger partial charge in [-0.15, -0.1) is 0 Å². The molecule has 2 rings (SSSR count). The van der Waals surface area contributed by atoms with Gasteiger partial charge in [0.2, 0.25) is 11.7 Å². The van der Waals surface area contributed by atoms with Gasteiger partial charge in [0.1, 0.15) is 17.8 Å². The van der Waals surface area contributed by atoms with Gasteiger partial charge in [-0.1, -0.05) is 33.8 Å². The fraction of sp³-hybridized carbons (Fsp3) is 0.744. The molecule has 1 aromatic heterocycles. The number of pyridine rings is 1. The zero-order valence-corrected chi connectivity index (χ0v) is 34.2. The van der Waals surface area contributed by atoms with Gasteiger partial charge >= 0.3 is 5.97 Å². The normalized spacial score (nSPS) is 23.9.